The predicted octanol–water partition coefficient (Wildman–Crippen LogP) is 2.15. The molecular weight excluding hydrogens is 272 g/mol. The smallest absolute Gasteiger partial charge is 0.309 e. The number of carbonyl (C=O) groups is 1. The molecule has 0 bridgehead atoms. The van der Waals surface area contributed by atoms with Crippen molar-refractivity contribution < 1.29 is 19.0 Å². The van der Waals surface area contributed by atoms with Gasteiger partial charge in [0.05, 0.1) is 18.2 Å². The summed E-state index contributed by atoms with van der Waals surface area (Å²) in [5.41, 5.74) is 2.01. The van der Waals surface area contributed by atoms with E-state index in [1.165, 1.54) is 0 Å². The minimum absolute atomic E-state index is 0.0802. The summed E-state index contributed by atoms with van der Waals surface area (Å²) in [7, 11) is 0. The highest BCUT2D eigenvalue weighted by Gasteiger charge is 2.29. The molecule has 0 spiro atoms. The summed E-state index contributed by atoms with van der Waals surface area (Å²) >= 11 is 0. The van der Waals surface area contributed by atoms with Crippen LogP contribution in [0.25, 0.3) is 0 Å². The molecule has 0 saturated heterocycles. The van der Waals surface area contributed by atoms with Gasteiger partial charge in [0, 0.05) is 25.3 Å². The molecule has 1 unspecified atom stereocenters. The van der Waals surface area contributed by atoms with E-state index in [-0.39, 0.29) is 11.9 Å². The molecule has 1 aromatic heterocycles. The van der Waals surface area contributed by atoms with Crippen LogP contribution < -0.4 is 0 Å². The monoisotopic (exact) mass is 296 g/mol. The summed E-state index contributed by atoms with van der Waals surface area (Å²) in [4.78, 5) is 19.7. The lowest BCUT2D eigenvalue weighted by Gasteiger charge is -2.19. The minimum Gasteiger partial charge on any atom is -0.466 e. The van der Waals surface area contributed by atoms with Gasteiger partial charge >= 0.3 is 5.97 Å². The molecule has 1 atom stereocenters. The van der Waals surface area contributed by atoms with Crippen LogP contribution in [0.4, 0.5) is 0 Å². The van der Waals surface area contributed by atoms with Gasteiger partial charge in [-0.05, 0) is 33.6 Å². The average Bonchev–Trinajstić information content (AvgIpc) is 2.90. The maximum atomic E-state index is 11.8. The number of esters is 1. The number of hydrogen-bond acceptors (Lipinski definition) is 5. The number of aromatic amines is 1. The molecule has 1 aliphatic rings. The number of nitrogens with zero attached hydrogens (tertiary/aromatic N) is 1. The molecule has 1 aromatic rings. The molecule has 118 valence electrons. The van der Waals surface area contributed by atoms with Crippen LogP contribution >= 0.6 is 0 Å². The van der Waals surface area contributed by atoms with Crippen LogP contribution in [0.3, 0.4) is 0 Å². The van der Waals surface area contributed by atoms with E-state index < -0.39 is 6.29 Å². The first-order chi connectivity index (χ1) is 10.2. The van der Waals surface area contributed by atoms with E-state index in [0.717, 1.165) is 24.2 Å². The Morgan fingerprint density at radius 3 is 2.62 bits per heavy atom. The van der Waals surface area contributed by atoms with Gasteiger partial charge in [-0.15, -0.1) is 0 Å². The lowest BCUT2D eigenvalue weighted by atomic mass is 9.90. The highest BCUT2D eigenvalue weighted by molar-refractivity contribution is 5.73. The molecule has 0 saturated carbocycles. The largest absolute Gasteiger partial charge is 0.466 e. The lowest BCUT2D eigenvalue weighted by molar-refractivity contribution is -0.148. The van der Waals surface area contributed by atoms with Crippen molar-refractivity contribution in [3.05, 3.63) is 17.2 Å². The Morgan fingerprint density at radius 2 is 2.00 bits per heavy atom. The Balaban J connectivity index is 2.09. The number of imidazole rings is 1. The Morgan fingerprint density at radius 1 is 1.29 bits per heavy atom. The molecule has 0 radical (unpaired) electrons. The van der Waals surface area contributed by atoms with E-state index in [1.807, 2.05) is 20.8 Å². The highest BCUT2D eigenvalue weighted by Crippen LogP contribution is 2.27. The van der Waals surface area contributed by atoms with Crippen molar-refractivity contribution in [2.75, 3.05) is 19.8 Å². The molecule has 6 nitrogen and oxygen atoms in total. The van der Waals surface area contributed by atoms with E-state index >= 15 is 0 Å². The standard InChI is InChI=1S/C15H24N2O4/c1-4-19-14(18)10-7-8-11-12(9-10)17-13(16-11)15(20-5-2)21-6-3/h10,15H,4-9H2,1-3H3,(H,16,17). The third kappa shape index (κ3) is 3.83. The molecule has 1 N–H and O–H groups in total. The van der Waals surface area contributed by atoms with Gasteiger partial charge in [-0.3, -0.25) is 4.79 Å². The molecule has 1 heterocycles. The van der Waals surface area contributed by atoms with E-state index in [9.17, 15) is 4.79 Å². The van der Waals surface area contributed by atoms with Crippen molar-refractivity contribution >= 4 is 5.97 Å². The molecule has 21 heavy (non-hydrogen) atoms. The molecule has 6 heteroatoms. The summed E-state index contributed by atoms with van der Waals surface area (Å²) in [5, 5.41) is 0. The molecule has 2 rings (SSSR count). The first-order valence-corrected chi connectivity index (χ1v) is 7.67. The molecule has 0 aromatic carbocycles. The normalized spacial score (nSPS) is 17.8. The zero-order valence-electron chi connectivity index (χ0n) is 13.0. The van der Waals surface area contributed by atoms with Crippen molar-refractivity contribution in [1.82, 2.24) is 9.97 Å². The molecule has 0 fully saturated rings. The van der Waals surface area contributed by atoms with Crippen LogP contribution in [0.15, 0.2) is 0 Å². The van der Waals surface area contributed by atoms with Gasteiger partial charge in [0.25, 0.3) is 0 Å². The number of nitrogens with one attached hydrogen (secondary N) is 1. The second kappa shape index (κ2) is 7.56. The van der Waals surface area contributed by atoms with E-state index in [0.29, 0.717) is 32.1 Å². The first-order valence-electron chi connectivity index (χ1n) is 7.67. The average molecular weight is 296 g/mol. The SMILES string of the molecule is CCOC(=O)C1CCc2nc(C(OCC)OCC)[nH]c2C1. The fourth-order valence-electron chi connectivity index (χ4n) is 2.58. The Hall–Kier alpha value is -1.40. The maximum absolute atomic E-state index is 11.8. The minimum atomic E-state index is -0.466. The van der Waals surface area contributed by atoms with Crippen molar-refractivity contribution in [2.24, 2.45) is 5.92 Å². The molecule has 0 aliphatic heterocycles. The number of rotatable bonds is 7. The number of aryl methyl sites for hydroxylation is 1. The lowest BCUT2D eigenvalue weighted by Crippen LogP contribution is -2.24. The Labute approximate surface area is 125 Å². The molecule has 1 aliphatic carbocycles. The van der Waals surface area contributed by atoms with Crippen LogP contribution in [-0.2, 0) is 31.8 Å². The van der Waals surface area contributed by atoms with Crippen molar-refractivity contribution in [1.29, 1.82) is 0 Å². The van der Waals surface area contributed by atoms with Gasteiger partial charge < -0.3 is 19.2 Å². The first kappa shape index (κ1) is 16.0. The number of ether oxygens (including phenoxy) is 3. The second-order valence-electron chi connectivity index (χ2n) is 4.98. The van der Waals surface area contributed by atoms with E-state index in [4.69, 9.17) is 14.2 Å². The third-order valence-electron chi connectivity index (χ3n) is 3.54. The zero-order valence-corrected chi connectivity index (χ0v) is 13.0. The summed E-state index contributed by atoms with van der Waals surface area (Å²) in [6.07, 6.45) is 1.74. The van der Waals surface area contributed by atoms with Crippen LogP contribution in [0.5, 0.6) is 0 Å². The van der Waals surface area contributed by atoms with E-state index in [1.54, 1.807) is 0 Å². The predicted molar refractivity (Wildman–Crippen MR) is 76.7 cm³/mol. The number of fused-ring (bicyclic) bond motifs is 1. The van der Waals surface area contributed by atoms with Crippen LogP contribution in [0, 0.1) is 5.92 Å². The fraction of sp³-hybridized carbons (Fsp3) is 0.733. The van der Waals surface area contributed by atoms with E-state index in [2.05, 4.69) is 9.97 Å². The number of hydrogen-bond donors (Lipinski definition) is 1. The number of aromatic nitrogens is 2. The second-order valence-corrected chi connectivity index (χ2v) is 4.98. The highest BCUT2D eigenvalue weighted by atomic mass is 16.7. The maximum Gasteiger partial charge on any atom is 0.309 e. The van der Waals surface area contributed by atoms with Gasteiger partial charge in [-0.25, -0.2) is 4.98 Å². The van der Waals surface area contributed by atoms with Crippen LogP contribution in [0.1, 0.15) is 50.7 Å². The topological polar surface area (TPSA) is 73.4 Å². The molecular formula is C15H24N2O4. The zero-order chi connectivity index (χ0) is 15.2. The summed E-state index contributed by atoms with van der Waals surface area (Å²) < 4.78 is 16.2. The van der Waals surface area contributed by atoms with Crippen molar-refractivity contribution in [3.63, 3.8) is 0 Å². The fourth-order valence-corrected chi connectivity index (χ4v) is 2.58. The quantitative estimate of drug-likeness (QED) is 0.616. The van der Waals surface area contributed by atoms with Gasteiger partial charge in [-0.2, -0.15) is 0 Å². The van der Waals surface area contributed by atoms with Crippen LogP contribution in [-0.4, -0.2) is 35.8 Å². The van der Waals surface area contributed by atoms with Gasteiger partial charge in [-0.1, -0.05) is 0 Å². The summed E-state index contributed by atoms with van der Waals surface area (Å²) in [5.74, 6) is 0.488. The Kier molecular flexibility index (Phi) is 5.76. The van der Waals surface area contributed by atoms with Gasteiger partial charge in [0.1, 0.15) is 0 Å². The summed E-state index contributed by atoms with van der Waals surface area (Å²) in [6, 6.07) is 0. The number of carbonyl (C=O) groups excluding carboxylic acids is 1. The van der Waals surface area contributed by atoms with Crippen LogP contribution in [0.2, 0.25) is 0 Å². The van der Waals surface area contributed by atoms with Gasteiger partial charge in [0.2, 0.25) is 6.29 Å². The van der Waals surface area contributed by atoms with Crippen molar-refractivity contribution in [2.45, 2.75) is 46.3 Å². The third-order valence-corrected chi connectivity index (χ3v) is 3.54. The Bertz CT molecular complexity index is 466. The number of H-pyrrole nitrogens is 1. The molecule has 0 amide bonds. The van der Waals surface area contributed by atoms with Crippen molar-refractivity contribution in [3.8, 4) is 0 Å². The summed E-state index contributed by atoms with van der Waals surface area (Å²) in [6.45, 7) is 7.21. The van der Waals surface area contributed by atoms with Gasteiger partial charge in [0.15, 0.2) is 5.82 Å².